The summed E-state index contributed by atoms with van der Waals surface area (Å²) >= 11 is 1.38. The van der Waals surface area contributed by atoms with E-state index in [0.717, 1.165) is 5.56 Å². The number of hydrogen-bond donors (Lipinski definition) is 0. The maximum absolute atomic E-state index is 11.4. The summed E-state index contributed by atoms with van der Waals surface area (Å²) in [6.07, 6.45) is 3.58. The summed E-state index contributed by atoms with van der Waals surface area (Å²) in [7, 11) is 1.84. The maximum atomic E-state index is 11.4. The van der Waals surface area contributed by atoms with Gasteiger partial charge >= 0.3 is 0 Å². The van der Waals surface area contributed by atoms with Crippen LogP contribution in [0.3, 0.4) is 0 Å². The topological polar surface area (TPSA) is 33.2 Å². The van der Waals surface area contributed by atoms with E-state index in [2.05, 4.69) is 11.9 Å². The van der Waals surface area contributed by atoms with E-state index in [1.165, 1.54) is 11.8 Å². The van der Waals surface area contributed by atoms with Crippen LogP contribution in [0, 0.1) is 0 Å². The Morgan fingerprint density at radius 1 is 1.57 bits per heavy atom. The molecule has 1 amide bonds. The molecule has 1 aromatic rings. The number of amides is 1. The van der Waals surface area contributed by atoms with Crippen molar-refractivity contribution in [3.05, 3.63) is 30.1 Å². The molecule has 0 spiro atoms. The lowest BCUT2D eigenvalue weighted by Gasteiger charge is -2.18. The first-order chi connectivity index (χ1) is 6.70. The minimum atomic E-state index is 0.145. The van der Waals surface area contributed by atoms with Gasteiger partial charge in [0.1, 0.15) is 0 Å². The van der Waals surface area contributed by atoms with Gasteiger partial charge in [0.05, 0.1) is 5.25 Å². The van der Waals surface area contributed by atoms with Gasteiger partial charge in [0.2, 0.25) is 0 Å². The predicted octanol–water partition coefficient (Wildman–Crippen LogP) is 2.31. The van der Waals surface area contributed by atoms with Crippen LogP contribution in [-0.4, -0.2) is 28.2 Å². The van der Waals surface area contributed by atoms with E-state index in [9.17, 15) is 4.79 Å². The number of aromatic nitrogens is 1. The summed E-state index contributed by atoms with van der Waals surface area (Å²) < 4.78 is 0. The molecule has 4 heteroatoms. The lowest BCUT2D eigenvalue weighted by Crippen LogP contribution is -2.27. The molecule has 1 fully saturated rings. The van der Waals surface area contributed by atoms with Crippen molar-refractivity contribution < 1.29 is 4.79 Å². The Morgan fingerprint density at radius 3 is 2.86 bits per heavy atom. The molecule has 1 aliphatic heterocycles. The Morgan fingerprint density at radius 2 is 2.36 bits per heavy atom. The highest BCUT2D eigenvalue weighted by Gasteiger charge is 2.36. The van der Waals surface area contributed by atoms with Crippen molar-refractivity contribution in [2.45, 2.75) is 18.2 Å². The van der Waals surface area contributed by atoms with Gasteiger partial charge < -0.3 is 4.90 Å². The summed E-state index contributed by atoms with van der Waals surface area (Å²) in [6, 6.07) is 4.18. The number of hydrogen-bond acceptors (Lipinski definition) is 3. The van der Waals surface area contributed by atoms with Crippen LogP contribution < -0.4 is 0 Å². The Bertz CT molecular complexity index is 341. The second-order valence-corrected chi connectivity index (χ2v) is 4.54. The third-order valence-electron chi connectivity index (χ3n) is 2.58. The fourth-order valence-corrected chi connectivity index (χ4v) is 2.76. The summed E-state index contributed by atoms with van der Waals surface area (Å²) in [4.78, 5) is 17.3. The molecule has 0 aromatic carbocycles. The highest BCUT2D eigenvalue weighted by molar-refractivity contribution is 8.14. The zero-order valence-electron chi connectivity index (χ0n) is 8.18. The minimum absolute atomic E-state index is 0.145. The van der Waals surface area contributed by atoms with Crippen LogP contribution >= 0.6 is 11.8 Å². The minimum Gasteiger partial charge on any atom is -0.332 e. The quantitative estimate of drug-likeness (QED) is 0.710. The molecule has 1 aliphatic rings. The summed E-state index contributed by atoms with van der Waals surface area (Å²) in [6.45, 7) is 2.07. The Labute approximate surface area is 87.5 Å². The van der Waals surface area contributed by atoms with Crippen molar-refractivity contribution in [3.63, 3.8) is 0 Å². The van der Waals surface area contributed by atoms with E-state index in [-0.39, 0.29) is 16.5 Å². The first kappa shape index (κ1) is 9.52. The fraction of sp³-hybridized carbons (Fsp3) is 0.400. The van der Waals surface area contributed by atoms with E-state index < -0.39 is 0 Å². The average molecular weight is 208 g/mol. The number of rotatable bonds is 1. The second kappa shape index (κ2) is 3.61. The van der Waals surface area contributed by atoms with Crippen molar-refractivity contribution in [2.24, 2.45) is 0 Å². The molecule has 74 valence electrons. The first-order valence-electron chi connectivity index (χ1n) is 4.53. The van der Waals surface area contributed by atoms with Crippen molar-refractivity contribution >= 4 is 17.0 Å². The van der Waals surface area contributed by atoms with Crippen LogP contribution in [0.4, 0.5) is 4.79 Å². The smallest absolute Gasteiger partial charge is 0.282 e. The molecule has 0 saturated carbocycles. The molecule has 3 nitrogen and oxygen atoms in total. The molecule has 0 aliphatic carbocycles. The van der Waals surface area contributed by atoms with Gasteiger partial charge in [0.25, 0.3) is 5.24 Å². The number of carbonyl (C=O) groups excluding carboxylic acids is 1. The van der Waals surface area contributed by atoms with Crippen molar-refractivity contribution in [3.8, 4) is 0 Å². The first-order valence-corrected chi connectivity index (χ1v) is 5.41. The van der Waals surface area contributed by atoms with Crippen LogP contribution in [0.2, 0.25) is 0 Å². The second-order valence-electron chi connectivity index (χ2n) is 3.44. The van der Waals surface area contributed by atoms with Gasteiger partial charge in [0.15, 0.2) is 0 Å². The molecule has 2 unspecified atom stereocenters. The third-order valence-corrected chi connectivity index (χ3v) is 3.99. The van der Waals surface area contributed by atoms with E-state index in [0.29, 0.717) is 0 Å². The van der Waals surface area contributed by atoms with E-state index in [1.807, 2.05) is 25.4 Å². The molecule has 14 heavy (non-hydrogen) atoms. The molecule has 0 bridgehead atoms. The highest BCUT2D eigenvalue weighted by atomic mass is 32.2. The van der Waals surface area contributed by atoms with E-state index in [1.54, 1.807) is 11.1 Å². The monoisotopic (exact) mass is 208 g/mol. The SMILES string of the molecule is CC1C(c2cccnc2)SC(=O)N1C. The molecular weight excluding hydrogens is 196 g/mol. The van der Waals surface area contributed by atoms with Crippen LogP contribution in [0.25, 0.3) is 0 Å². The van der Waals surface area contributed by atoms with E-state index in [4.69, 9.17) is 0 Å². The Hall–Kier alpha value is -1.03. The summed E-state index contributed by atoms with van der Waals surface area (Å²) in [5.74, 6) is 0. The molecule has 1 saturated heterocycles. The van der Waals surface area contributed by atoms with Gasteiger partial charge in [-0.1, -0.05) is 17.8 Å². The average Bonchev–Trinajstić information content (AvgIpc) is 2.47. The number of likely N-dealkylation sites (N-methyl/N-ethyl adjacent to an activating group) is 1. The zero-order valence-corrected chi connectivity index (χ0v) is 8.99. The zero-order chi connectivity index (χ0) is 10.1. The van der Waals surface area contributed by atoms with Gasteiger partial charge in [-0.15, -0.1) is 0 Å². The highest BCUT2D eigenvalue weighted by Crippen LogP contribution is 2.41. The third kappa shape index (κ3) is 1.50. The number of thioether (sulfide) groups is 1. The maximum Gasteiger partial charge on any atom is 0.282 e. The fourth-order valence-electron chi connectivity index (χ4n) is 1.55. The normalized spacial score (nSPS) is 27.0. The van der Waals surface area contributed by atoms with Crippen LogP contribution in [0.5, 0.6) is 0 Å². The van der Waals surface area contributed by atoms with Crippen LogP contribution in [0.15, 0.2) is 24.5 Å². The van der Waals surface area contributed by atoms with Gasteiger partial charge in [-0.2, -0.15) is 0 Å². The van der Waals surface area contributed by atoms with Crippen molar-refractivity contribution in [2.75, 3.05) is 7.05 Å². The largest absolute Gasteiger partial charge is 0.332 e. The van der Waals surface area contributed by atoms with Gasteiger partial charge in [-0.05, 0) is 18.6 Å². The van der Waals surface area contributed by atoms with Crippen molar-refractivity contribution in [1.82, 2.24) is 9.88 Å². The van der Waals surface area contributed by atoms with Gasteiger partial charge in [-0.3, -0.25) is 9.78 Å². The number of nitrogens with zero attached hydrogens (tertiary/aromatic N) is 2. The predicted molar refractivity (Wildman–Crippen MR) is 57.2 cm³/mol. The number of carbonyl (C=O) groups is 1. The lowest BCUT2D eigenvalue weighted by molar-refractivity contribution is 0.225. The summed E-state index contributed by atoms with van der Waals surface area (Å²) in [5, 5.41) is 0.368. The molecule has 2 atom stereocenters. The van der Waals surface area contributed by atoms with E-state index >= 15 is 0 Å². The Balaban J connectivity index is 2.26. The Kier molecular flexibility index (Phi) is 2.46. The van der Waals surface area contributed by atoms with Gasteiger partial charge in [-0.25, -0.2) is 0 Å². The van der Waals surface area contributed by atoms with Crippen molar-refractivity contribution in [1.29, 1.82) is 0 Å². The molecule has 2 heterocycles. The summed E-state index contributed by atoms with van der Waals surface area (Å²) in [5.41, 5.74) is 1.13. The molecule has 1 aromatic heterocycles. The van der Waals surface area contributed by atoms with Crippen LogP contribution in [-0.2, 0) is 0 Å². The van der Waals surface area contributed by atoms with Crippen LogP contribution in [0.1, 0.15) is 17.7 Å². The molecule has 0 radical (unpaired) electrons. The molecule has 2 rings (SSSR count). The standard InChI is InChI=1S/C10H12N2OS/c1-7-9(14-10(13)12(7)2)8-4-3-5-11-6-8/h3-7,9H,1-2H3. The number of pyridine rings is 1. The molecular formula is C10H12N2OS. The molecule has 0 N–H and O–H groups in total. The van der Waals surface area contributed by atoms with Gasteiger partial charge in [0, 0.05) is 25.5 Å². The lowest BCUT2D eigenvalue weighted by atomic mass is 10.1.